The summed E-state index contributed by atoms with van der Waals surface area (Å²) < 4.78 is 0. The van der Waals surface area contributed by atoms with Gasteiger partial charge >= 0.3 is 0 Å². The van der Waals surface area contributed by atoms with Crippen LogP contribution < -0.4 is 16.2 Å². The van der Waals surface area contributed by atoms with Crippen LogP contribution in [0.15, 0.2) is 72.3 Å². The lowest BCUT2D eigenvalue weighted by Gasteiger charge is -2.42. The molecule has 6 rings (SSSR count). The van der Waals surface area contributed by atoms with Crippen LogP contribution in [0.2, 0.25) is 0 Å². The van der Waals surface area contributed by atoms with Gasteiger partial charge in [0.15, 0.2) is 5.78 Å². The number of benzene rings is 3. The molecule has 162 valence electrons. The molecule has 3 atom stereocenters. The molecule has 0 amide bonds. The van der Waals surface area contributed by atoms with Crippen LogP contribution in [0.1, 0.15) is 43.9 Å². The molecule has 3 aromatic rings. The van der Waals surface area contributed by atoms with E-state index < -0.39 is 0 Å². The molecule has 2 heterocycles. The van der Waals surface area contributed by atoms with Gasteiger partial charge in [0.25, 0.3) is 0 Å². The maximum atomic E-state index is 13.7. The summed E-state index contributed by atoms with van der Waals surface area (Å²) >= 11 is 0. The lowest BCUT2D eigenvalue weighted by atomic mass is 9.66. The zero-order valence-corrected chi connectivity index (χ0v) is 18.6. The highest BCUT2D eigenvalue weighted by Crippen LogP contribution is 2.51. The number of allylic oxidation sites excluding steroid dienone is 1. The number of hydrogen-bond acceptors (Lipinski definition) is 4. The van der Waals surface area contributed by atoms with Gasteiger partial charge in [0, 0.05) is 35.7 Å². The fourth-order valence-electron chi connectivity index (χ4n) is 6.01. The van der Waals surface area contributed by atoms with E-state index in [-0.39, 0.29) is 23.4 Å². The molecule has 1 saturated heterocycles. The van der Waals surface area contributed by atoms with E-state index in [0.29, 0.717) is 12.2 Å². The van der Waals surface area contributed by atoms with Crippen LogP contribution in [0.5, 0.6) is 0 Å². The zero-order chi connectivity index (χ0) is 21.9. The number of hydrogen-bond donors (Lipinski definition) is 3. The number of ketones is 1. The Bertz CT molecular complexity index is 1240. The van der Waals surface area contributed by atoms with Crippen LogP contribution in [0.25, 0.3) is 16.3 Å². The van der Waals surface area contributed by atoms with Crippen molar-refractivity contribution < 1.29 is 4.79 Å². The lowest BCUT2D eigenvalue weighted by Crippen LogP contribution is -2.43. The highest BCUT2D eigenvalue weighted by Gasteiger charge is 2.45. The second-order valence-corrected chi connectivity index (χ2v) is 10.2. The number of fused-ring (bicyclic) bond motifs is 4. The van der Waals surface area contributed by atoms with E-state index in [1.165, 1.54) is 27.5 Å². The summed E-state index contributed by atoms with van der Waals surface area (Å²) in [5.74, 6) is 0.526. The van der Waals surface area contributed by atoms with Crippen LogP contribution in [-0.2, 0) is 4.79 Å². The number of Topliss-reactive ketones (excluding diaryl/α,β-unsaturated/α-hetero) is 1. The van der Waals surface area contributed by atoms with Gasteiger partial charge in [0.05, 0.1) is 12.1 Å². The molecule has 0 bridgehead atoms. The predicted octanol–water partition coefficient (Wildman–Crippen LogP) is 5.24. The van der Waals surface area contributed by atoms with Gasteiger partial charge < -0.3 is 5.32 Å². The lowest BCUT2D eigenvalue weighted by molar-refractivity contribution is -0.118. The molecule has 3 unspecified atom stereocenters. The van der Waals surface area contributed by atoms with Gasteiger partial charge in [-0.25, -0.2) is 5.43 Å². The molecule has 3 N–H and O–H groups in total. The third kappa shape index (κ3) is 3.09. The zero-order valence-electron chi connectivity index (χ0n) is 18.6. The highest BCUT2D eigenvalue weighted by atomic mass is 16.1. The molecule has 4 nitrogen and oxygen atoms in total. The summed E-state index contributed by atoms with van der Waals surface area (Å²) in [6, 6.07) is 23.6. The van der Waals surface area contributed by atoms with Crippen molar-refractivity contribution in [1.29, 1.82) is 0 Å². The van der Waals surface area contributed by atoms with Crippen LogP contribution in [0, 0.1) is 11.3 Å². The minimum Gasteiger partial charge on any atom is -0.377 e. The molecule has 3 aromatic carbocycles. The topological polar surface area (TPSA) is 53.2 Å². The van der Waals surface area contributed by atoms with Gasteiger partial charge in [-0.1, -0.05) is 74.5 Å². The minimum atomic E-state index is -0.0307. The first-order chi connectivity index (χ1) is 15.5. The summed E-state index contributed by atoms with van der Waals surface area (Å²) in [6.07, 6.45) is 1.53. The average molecular weight is 424 g/mol. The van der Waals surface area contributed by atoms with Crippen molar-refractivity contribution in [3.8, 4) is 0 Å². The van der Waals surface area contributed by atoms with Gasteiger partial charge in [-0.3, -0.25) is 10.2 Å². The highest BCUT2D eigenvalue weighted by molar-refractivity contribution is 6.12. The summed E-state index contributed by atoms with van der Waals surface area (Å²) in [7, 11) is 0. The number of carbonyl (C=O) groups excluding carboxylic acids is 1. The number of nitrogens with one attached hydrogen (secondary N) is 3. The summed E-state index contributed by atoms with van der Waals surface area (Å²) in [4.78, 5) is 13.7. The van der Waals surface area contributed by atoms with Crippen molar-refractivity contribution >= 4 is 27.8 Å². The number of anilines is 1. The van der Waals surface area contributed by atoms with E-state index in [1.807, 2.05) is 0 Å². The fourth-order valence-corrected chi connectivity index (χ4v) is 6.01. The van der Waals surface area contributed by atoms with Crippen molar-refractivity contribution in [3.05, 3.63) is 83.4 Å². The standard InChI is InChI=1S/C28H29N3O/c1-28(2)14-20-24-19-11-7-6-8-17(19)12-13-22(24)30-27(25(20)23(32)15-28)21-16-29-31-26(21)18-9-4-3-5-10-18/h3-13,21,26-27,29-31H,14-16H2,1-2H3. The third-order valence-electron chi connectivity index (χ3n) is 7.38. The van der Waals surface area contributed by atoms with Crippen LogP contribution in [0.4, 0.5) is 5.69 Å². The Morgan fingerprint density at radius 2 is 1.66 bits per heavy atom. The fraction of sp³-hybridized carbons (Fsp3) is 0.321. The summed E-state index contributed by atoms with van der Waals surface area (Å²) in [6.45, 7) is 5.26. The van der Waals surface area contributed by atoms with Crippen LogP contribution in [-0.4, -0.2) is 18.4 Å². The minimum absolute atomic E-state index is 0.0185. The largest absolute Gasteiger partial charge is 0.377 e. The van der Waals surface area contributed by atoms with E-state index in [9.17, 15) is 4.79 Å². The molecule has 0 saturated carbocycles. The van der Waals surface area contributed by atoms with Crippen LogP contribution in [0.3, 0.4) is 0 Å². The molecule has 32 heavy (non-hydrogen) atoms. The van der Waals surface area contributed by atoms with Crippen molar-refractivity contribution in [1.82, 2.24) is 10.9 Å². The molecule has 3 aliphatic rings. The molecule has 1 fully saturated rings. The quantitative estimate of drug-likeness (QED) is 0.528. The smallest absolute Gasteiger partial charge is 0.161 e. The Morgan fingerprint density at radius 3 is 2.50 bits per heavy atom. The summed E-state index contributed by atoms with van der Waals surface area (Å²) in [5.41, 5.74) is 12.7. The number of carbonyl (C=O) groups is 1. The van der Waals surface area contributed by atoms with E-state index in [0.717, 1.165) is 24.2 Å². The maximum Gasteiger partial charge on any atom is 0.161 e. The SMILES string of the molecule is CC1(C)CC(=O)C2=C(C1)c1c(ccc3ccccc13)NC2C1CNNC1c1ccccc1. The Kier molecular flexibility index (Phi) is 4.49. The van der Waals surface area contributed by atoms with Gasteiger partial charge in [-0.15, -0.1) is 0 Å². The van der Waals surface area contributed by atoms with Gasteiger partial charge in [0.2, 0.25) is 0 Å². The van der Waals surface area contributed by atoms with Crippen molar-refractivity contribution in [2.45, 2.75) is 38.8 Å². The van der Waals surface area contributed by atoms with Gasteiger partial charge in [-0.2, -0.15) is 0 Å². The van der Waals surface area contributed by atoms with E-state index in [1.54, 1.807) is 0 Å². The summed E-state index contributed by atoms with van der Waals surface area (Å²) in [5, 5.41) is 6.28. The second-order valence-electron chi connectivity index (χ2n) is 10.2. The first kappa shape index (κ1) is 19.7. The first-order valence-corrected chi connectivity index (χ1v) is 11.6. The molecule has 4 heteroatoms. The van der Waals surface area contributed by atoms with Gasteiger partial charge in [-0.05, 0) is 39.8 Å². The normalized spacial score (nSPS) is 26.6. The third-order valence-corrected chi connectivity index (χ3v) is 7.38. The molecule has 2 aliphatic heterocycles. The molecule has 0 spiro atoms. The van der Waals surface area contributed by atoms with E-state index in [4.69, 9.17) is 0 Å². The Balaban J connectivity index is 1.54. The molecular weight excluding hydrogens is 394 g/mol. The van der Waals surface area contributed by atoms with Crippen molar-refractivity contribution in [2.24, 2.45) is 11.3 Å². The number of hydrazine groups is 1. The molecule has 0 aromatic heterocycles. The second kappa shape index (κ2) is 7.29. The van der Waals surface area contributed by atoms with Gasteiger partial charge in [0.1, 0.15) is 0 Å². The first-order valence-electron chi connectivity index (χ1n) is 11.6. The van der Waals surface area contributed by atoms with E-state index in [2.05, 4.69) is 96.7 Å². The monoisotopic (exact) mass is 423 g/mol. The maximum absolute atomic E-state index is 13.7. The molecular formula is C28H29N3O. The Morgan fingerprint density at radius 1 is 0.875 bits per heavy atom. The predicted molar refractivity (Wildman–Crippen MR) is 130 cm³/mol. The Hall–Kier alpha value is -2.95. The van der Waals surface area contributed by atoms with E-state index >= 15 is 0 Å². The van der Waals surface area contributed by atoms with Crippen LogP contribution >= 0.6 is 0 Å². The number of rotatable bonds is 2. The van der Waals surface area contributed by atoms with Crippen molar-refractivity contribution in [2.75, 3.05) is 11.9 Å². The molecule has 1 aliphatic carbocycles. The van der Waals surface area contributed by atoms with Crippen molar-refractivity contribution in [3.63, 3.8) is 0 Å². The average Bonchev–Trinajstić information content (AvgIpc) is 3.27. The molecule has 0 radical (unpaired) electrons. The Labute approximate surface area is 189 Å².